The zero-order valence-corrected chi connectivity index (χ0v) is 21.5. The van der Waals surface area contributed by atoms with Gasteiger partial charge in [-0.25, -0.2) is 4.98 Å². The zero-order valence-electron chi connectivity index (χ0n) is 21.5. The highest BCUT2D eigenvalue weighted by molar-refractivity contribution is 5.86. The van der Waals surface area contributed by atoms with Gasteiger partial charge in [0.1, 0.15) is 5.75 Å². The summed E-state index contributed by atoms with van der Waals surface area (Å²) in [4.78, 5) is 19.1. The number of hydrogen-bond donors (Lipinski definition) is 1. The lowest BCUT2D eigenvalue weighted by atomic mass is 10.00. The Kier molecular flexibility index (Phi) is 8.23. The van der Waals surface area contributed by atoms with Crippen LogP contribution >= 0.6 is 0 Å². The number of anilines is 1. The minimum absolute atomic E-state index is 0.404. The second-order valence-electron chi connectivity index (χ2n) is 8.99. The summed E-state index contributed by atoms with van der Waals surface area (Å²) in [5, 5.41) is 5.93. The van der Waals surface area contributed by atoms with Crippen molar-refractivity contribution in [3.8, 4) is 11.4 Å². The van der Waals surface area contributed by atoms with Gasteiger partial charge in [-0.1, -0.05) is 42.5 Å². The van der Waals surface area contributed by atoms with Crippen LogP contribution in [0.5, 0.6) is 5.75 Å². The minimum Gasteiger partial charge on any atom is -0.494 e. The van der Waals surface area contributed by atoms with E-state index in [2.05, 4.69) is 70.7 Å². The van der Waals surface area contributed by atoms with Crippen molar-refractivity contribution >= 4 is 22.9 Å². The summed E-state index contributed by atoms with van der Waals surface area (Å²) in [5.41, 5.74) is 4.42. The van der Waals surface area contributed by atoms with Gasteiger partial charge in [0.2, 0.25) is 6.41 Å². The van der Waals surface area contributed by atoms with Crippen molar-refractivity contribution in [1.29, 1.82) is 0 Å². The van der Waals surface area contributed by atoms with Gasteiger partial charge in [0.25, 0.3) is 0 Å². The first-order chi connectivity index (χ1) is 17.5. The molecule has 1 saturated heterocycles. The maximum Gasteiger partial charge on any atom is 0.209 e. The van der Waals surface area contributed by atoms with Crippen LogP contribution in [0.1, 0.15) is 24.2 Å². The van der Waals surface area contributed by atoms with Crippen molar-refractivity contribution in [2.24, 2.45) is 0 Å². The fourth-order valence-corrected chi connectivity index (χ4v) is 4.50. The Morgan fingerprint density at radius 1 is 1.03 bits per heavy atom. The summed E-state index contributed by atoms with van der Waals surface area (Å²) in [6.07, 6.45) is 4.68. The van der Waals surface area contributed by atoms with Gasteiger partial charge in [0.05, 0.1) is 24.8 Å². The molecule has 3 aromatic carbocycles. The number of nitrogens with zero attached hydrogens (tertiary/aromatic N) is 4. The van der Waals surface area contributed by atoms with Crippen LogP contribution in [0.15, 0.2) is 73.2 Å². The Bertz CT molecular complexity index is 1290. The van der Waals surface area contributed by atoms with Crippen LogP contribution in [0.2, 0.25) is 0 Å². The second kappa shape index (κ2) is 11.7. The van der Waals surface area contributed by atoms with Gasteiger partial charge >= 0.3 is 0 Å². The number of aryl methyl sites for hydroxylation is 1. The van der Waals surface area contributed by atoms with Gasteiger partial charge in [0, 0.05) is 50.2 Å². The number of methoxy groups -OCH3 is 1. The lowest BCUT2D eigenvalue weighted by Gasteiger charge is -2.34. The number of carbonyl (C=O) groups excluding carboxylic acids is 1. The first-order valence-corrected chi connectivity index (χ1v) is 12.3. The van der Waals surface area contributed by atoms with Gasteiger partial charge in [-0.05, 0) is 49.4 Å². The van der Waals surface area contributed by atoms with Crippen LogP contribution in [0.25, 0.3) is 16.5 Å². The van der Waals surface area contributed by atoms with Crippen molar-refractivity contribution in [1.82, 2.24) is 19.8 Å². The van der Waals surface area contributed by atoms with E-state index >= 15 is 0 Å². The molecule has 0 spiro atoms. The molecule has 0 aliphatic carbocycles. The van der Waals surface area contributed by atoms with Gasteiger partial charge in [-0.3, -0.25) is 4.79 Å². The van der Waals surface area contributed by atoms with E-state index in [1.807, 2.05) is 36.9 Å². The normalized spacial score (nSPS) is 14.2. The molecule has 1 aliphatic heterocycles. The summed E-state index contributed by atoms with van der Waals surface area (Å²) >= 11 is 0. The predicted octanol–water partition coefficient (Wildman–Crippen LogP) is 4.59. The monoisotopic (exact) mass is 485 g/mol. The molecule has 0 bridgehead atoms. The average Bonchev–Trinajstić information content (AvgIpc) is 3.38. The Balaban J connectivity index is 0.000000187. The summed E-state index contributed by atoms with van der Waals surface area (Å²) in [6, 6.07) is 21.5. The van der Waals surface area contributed by atoms with Crippen LogP contribution in [-0.4, -0.2) is 61.2 Å². The molecule has 4 aromatic rings. The van der Waals surface area contributed by atoms with Gasteiger partial charge in [0.15, 0.2) is 0 Å². The van der Waals surface area contributed by atoms with E-state index in [0.29, 0.717) is 6.04 Å². The van der Waals surface area contributed by atoms with Crippen molar-refractivity contribution in [3.63, 3.8) is 0 Å². The molecule has 1 aromatic heterocycles. The molecular weight excluding hydrogens is 450 g/mol. The van der Waals surface area contributed by atoms with Crippen LogP contribution in [0.4, 0.5) is 5.69 Å². The number of benzene rings is 3. The van der Waals surface area contributed by atoms with Crippen LogP contribution in [-0.2, 0) is 4.79 Å². The van der Waals surface area contributed by atoms with Crippen molar-refractivity contribution < 1.29 is 9.53 Å². The molecule has 1 aliphatic rings. The summed E-state index contributed by atoms with van der Waals surface area (Å²) in [5.74, 6) is 0.813. The van der Waals surface area contributed by atoms with E-state index in [0.717, 1.165) is 55.4 Å². The van der Waals surface area contributed by atoms with Crippen LogP contribution in [0, 0.1) is 6.92 Å². The smallest absolute Gasteiger partial charge is 0.209 e. The average molecular weight is 486 g/mol. The Morgan fingerprint density at radius 3 is 2.44 bits per heavy atom. The van der Waals surface area contributed by atoms with Crippen molar-refractivity contribution in [3.05, 3.63) is 84.4 Å². The minimum atomic E-state index is 0.404. The highest BCUT2D eigenvalue weighted by Gasteiger charge is 2.17. The van der Waals surface area contributed by atoms with Crippen molar-refractivity contribution in [2.45, 2.75) is 19.9 Å². The Labute approximate surface area is 213 Å². The second-order valence-corrected chi connectivity index (χ2v) is 8.99. The predicted molar refractivity (Wildman–Crippen MR) is 146 cm³/mol. The largest absolute Gasteiger partial charge is 0.494 e. The fraction of sp³-hybridized carbons (Fsp3) is 0.310. The number of imidazole rings is 1. The van der Waals surface area contributed by atoms with E-state index in [1.54, 1.807) is 18.3 Å². The molecule has 36 heavy (non-hydrogen) atoms. The first-order valence-electron chi connectivity index (χ1n) is 12.3. The van der Waals surface area contributed by atoms with E-state index in [1.165, 1.54) is 16.3 Å². The SMILES string of the molecule is CNC(C)c1cccc2ccccc12.COc1cc(N2CCN(C=O)CC2)ccc1-n1cnc(C)c1. The number of carbonyl (C=O) groups is 1. The molecule has 1 N–H and O–H groups in total. The van der Waals surface area contributed by atoms with Gasteiger partial charge in [-0.2, -0.15) is 0 Å². The third-order valence-electron chi connectivity index (χ3n) is 6.70. The molecule has 1 atom stereocenters. The number of amides is 1. The molecule has 7 heteroatoms. The number of aromatic nitrogens is 2. The highest BCUT2D eigenvalue weighted by Crippen LogP contribution is 2.29. The molecule has 1 unspecified atom stereocenters. The molecule has 1 amide bonds. The molecular formula is C29H35N5O2. The van der Waals surface area contributed by atoms with Gasteiger partial charge in [-0.15, -0.1) is 0 Å². The molecule has 188 valence electrons. The van der Waals surface area contributed by atoms with Crippen LogP contribution < -0.4 is 15.0 Å². The van der Waals surface area contributed by atoms with E-state index in [9.17, 15) is 4.79 Å². The molecule has 0 radical (unpaired) electrons. The Morgan fingerprint density at radius 2 is 1.78 bits per heavy atom. The molecule has 7 nitrogen and oxygen atoms in total. The first kappa shape index (κ1) is 25.3. The Hall–Kier alpha value is -3.84. The lowest BCUT2D eigenvalue weighted by Crippen LogP contribution is -2.45. The summed E-state index contributed by atoms with van der Waals surface area (Å²) < 4.78 is 7.50. The topological polar surface area (TPSA) is 62.6 Å². The summed E-state index contributed by atoms with van der Waals surface area (Å²) in [7, 11) is 3.67. The molecule has 2 heterocycles. The maximum absolute atomic E-state index is 10.8. The van der Waals surface area contributed by atoms with Gasteiger partial charge < -0.3 is 24.4 Å². The number of ether oxygens (including phenoxy) is 1. The number of fused-ring (bicyclic) bond motifs is 1. The molecule has 1 fully saturated rings. The summed E-state index contributed by atoms with van der Waals surface area (Å²) in [6.45, 7) is 7.34. The number of nitrogens with one attached hydrogen (secondary N) is 1. The third-order valence-corrected chi connectivity index (χ3v) is 6.70. The van der Waals surface area contributed by atoms with Crippen LogP contribution in [0.3, 0.4) is 0 Å². The third kappa shape index (κ3) is 5.69. The van der Waals surface area contributed by atoms with E-state index < -0.39 is 0 Å². The molecule has 0 saturated carbocycles. The number of hydrogen-bond acceptors (Lipinski definition) is 5. The lowest BCUT2D eigenvalue weighted by molar-refractivity contribution is -0.118. The maximum atomic E-state index is 10.8. The standard InChI is InChI=1S/C16H20N4O2.C13H15N/c1-13-10-20(11-17-13)15-4-3-14(9-16(15)22-2)19-7-5-18(12-21)6-8-19;1-10(14-2)12-9-5-7-11-6-3-4-8-13(11)12/h3-4,9-12H,5-8H2,1-2H3;3-10,14H,1-2H3. The quantitative estimate of drug-likeness (QED) is 0.405. The fourth-order valence-electron chi connectivity index (χ4n) is 4.50. The van der Waals surface area contributed by atoms with E-state index in [4.69, 9.17) is 4.74 Å². The van der Waals surface area contributed by atoms with Crippen molar-refractivity contribution in [2.75, 3.05) is 45.2 Å². The molecule has 5 rings (SSSR count). The number of rotatable bonds is 6. The highest BCUT2D eigenvalue weighted by atomic mass is 16.5. The zero-order chi connectivity index (χ0) is 25.5. The number of piperazine rings is 1. The van der Waals surface area contributed by atoms with E-state index in [-0.39, 0.29) is 0 Å².